The standard InChI is InChI=1S/C11H24N2/c1-5-7-13-9-8-12(4)11(13)10(3)6-2/h10-11H,5-9H2,1-4H3. The van der Waals surface area contributed by atoms with Gasteiger partial charge in [-0.25, -0.2) is 0 Å². The Morgan fingerprint density at radius 1 is 1.31 bits per heavy atom. The predicted octanol–water partition coefficient (Wildman–Crippen LogP) is 2.02. The van der Waals surface area contributed by atoms with Crippen LogP contribution in [0.4, 0.5) is 0 Å². The summed E-state index contributed by atoms with van der Waals surface area (Å²) in [5, 5.41) is 0. The molecule has 1 fully saturated rings. The average Bonchev–Trinajstić information content (AvgIpc) is 2.47. The summed E-state index contributed by atoms with van der Waals surface area (Å²) in [6.07, 6.45) is 3.26. The van der Waals surface area contributed by atoms with Crippen LogP contribution in [0.25, 0.3) is 0 Å². The van der Waals surface area contributed by atoms with Gasteiger partial charge in [0.15, 0.2) is 0 Å². The van der Waals surface area contributed by atoms with Crippen LogP contribution in [0.3, 0.4) is 0 Å². The summed E-state index contributed by atoms with van der Waals surface area (Å²) >= 11 is 0. The van der Waals surface area contributed by atoms with E-state index in [9.17, 15) is 0 Å². The van der Waals surface area contributed by atoms with E-state index in [4.69, 9.17) is 0 Å². The summed E-state index contributed by atoms with van der Waals surface area (Å²) in [5.41, 5.74) is 0. The number of hydrogen-bond acceptors (Lipinski definition) is 2. The zero-order valence-electron chi connectivity index (χ0n) is 9.58. The molecule has 2 unspecified atom stereocenters. The molecule has 1 rings (SSSR count). The van der Waals surface area contributed by atoms with Crippen molar-refractivity contribution in [3.63, 3.8) is 0 Å². The molecule has 0 aliphatic carbocycles. The second-order valence-corrected chi connectivity index (χ2v) is 4.32. The summed E-state index contributed by atoms with van der Waals surface area (Å²) in [5.74, 6) is 0.805. The third kappa shape index (κ3) is 2.44. The minimum Gasteiger partial charge on any atom is -0.289 e. The van der Waals surface area contributed by atoms with E-state index in [1.54, 1.807) is 0 Å². The predicted molar refractivity (Wildman–Crippen MR) is 57.7 cm³/mol. The van der Waals surface area contributed by atoms with Crippen molar-refractivity contribution in [1.82, 2.24) is 9.80 Å². The Balaban J connectivity index is 2.54. The van der Waals surface area contributed by atoms with Crippen molar-refractivity contribution in [2.24, 2.45) is 5.92 Å². The monoisotopic (exact) mass is 184 g/mol. The SMILES string of the molecule is CCCN1CCN(C)C1C(C)CC. The van der Waals surface area contributed by atoms with Crippen molar-refractivity contribution in [3.05, 3.63) is 0 Å². The largest absolute Gasteiger partial charge is 0.289 e. The molecule has 0 amide bonds. The third-order valence-corrected chi connectivity index (χ3v) is 3.23. The first-order chi connectivity index (χ1) is 6.20. The molecule has 0 aromatic carbocycles. The lowest BCUT2D eigenvalue weighted by Gasteiger charge is -2.32. The Kier molecular flexibility index (Phi) is 4.20. The fraction of sp³-hybridized carbons (Fsp3) is 1.00. The van der Waals surface area contributed by atoms with E-state index in [0.717, 1.165) is 5.92 Å². The van der Waals surface area contributed by atoms with Gasteiger partial charge in [0.25, 0.3) is 0 Å². The van der Waals surface area contributed by atoms with E-state index in [0.29, 0.717) is 6.17 Å². The van der Waals surface area contributed by atoms with Crippen molar-refractivity contribution in [3.8, 4) is 0 Å². The molecule has 1 aliphatic rings. The second-order valence-electron chi connectivity index (χ2n) is 4.32. The van der Waals surface area contributed by atoms with Crippen molar-refractivity contribution in [2.45, 2.75) is 39.8 Å². The van der Waals surface area contributed by atoms with Gasteiger partial charge in [0.05, 0.1) is 6.17 Å². The van der Waals surface area contributed by atoms with Crippen LogP contribution < -0.4 is 0 Å². The first kappa shape index (κ1) is 11.0. The molecule has 2 heteroatoms. The molecule has 78 valence electrons. The van der Waals surface area contributed by atoms with Gasteiger partial charge in [-0.2, -0.15) is 0 Å². The molecule has 0 aromatic rings. The topological polar surface area (TPSA) is 6.48 Å². The molecule has 0 aromatic heterocycles. The summed E-state index contributed by atoms with van der Waals surface area (Å²) in [7, 11) is 2.26. The van der Waals surface area contributed by atoms with Gasteiger partial charge >= 0.3 is 0 Å². The fourth-order valence-corrected chi connectivity index (χ4v) is 2.37. The highest BCUT2D eigenvalue weighted by Gasteiger charge is 2.31. The maximum Gasteiger partial charge on any atom is 0.0647 e. The van der Waals surface area contributed by atoms with E-state index in [2.05, 4.69) is 37.6 Å². The number of likely N-dealkylation sites (N-methyl/N-ethyl adjacent to an activating group) is 1. The molecule has 0 N–H and O–H groups in total. The van der Waals surface area contributed by atoms with Crippen LogP contribution in [0.2, 0.25) is 0 Å². The molecule has 1 heterocycles. The second kappa shape index (κ2) is 4.97. The van der Waals surface area contributed by atoms with Gasteiger partial charge < -0.3 is 0 Å². The van der Waals surface area contributed by atoms with Gasteiger partial charge in [-0.3, -0.25) is 9.80 Å². The Hall–Kier alpha value is -0.0800. The molecule has 0 saturated carbocycles. The van der Waals surface area contributed by atoms with E-state index in [1.807, 2.05) is 0 Å². The van der Waals surface area contributed by atoms with Crippen LogP contribution in [0.15, 0.2) is 0 Å². The van der Waals surface area contributed by atoms with Gasteiger partial charge in [0.1, 0.15) is 0 Å². The minimum absolute atomic E-state index is 0.699. The molecule has 1 aliphatic heterocycles. The maximum atomic E-state index is 2.63. The fourth-order valence-electron chi connectivity index (χ4n) is 2.37. The zero-order chi connectivity index (χ0) is 9.84. The van der Waals surface area contributed by atoms with Gasteiger partial charge in [-0.1, -0.05) is 27.2 Å². The molecule has 2 atom stereocenters. The third-order valence-electron chi connectivity index (χ3n) is 3.23. The molecular formula is C11H24N2. The van der Waals surface area contributed by atoms with Gasteiger partial charge in [-0.05, 0) is 25.9 Å². The minimum atomic E-state index is 0.699. The molecule has 0 spiro atoms. The Bertz CT molecular complexity index is 145. The van der Waals surface area contributed by atoms with Crippen molar-refractivity contribution < 1.29 is 0 Å². The maximum absolute atomic E-state index is 2.63. The zero-order valence-corrected chi connectivity index (χ0v) is 9.58. The average molecular weight is 184 g/mol. The lowest BCUT2D eigenvalue weighted by atomic mass is 10.0. The molecule has 0 bridgehead atoms. The van der Waals surface area contributed by atoms with Crippen LogP contribution >= 0.6 is 0 Å². The number of nitrogens with zero attached hydrogens (tertiary/aromatic N) is 2. The summed E-state index contributed by atoms with van der Waals surface area (Å²) in [6.45, 7) is 10.7. The number of rotatable bonds is 4. The molecule has 2 nitrogen and oxygen atoms in total. The molecule has 13 heavy (non-hydrogen) atoms. The first-order valence-electron chi connectivity index (χ1n) is 5.65. The Morgan fingerprint density at radius 3 is 2.54 bits per heavy atom. The van der Waals surface area contributed by atoms with Crippen molar-refractivity contribution in [2.75, 3.05) is 26.7 Å². The van der Waals surface area contributed by atoms with Gasteiger partial charge in [0, 0.05) is 13.1 Å². The molecular weight excluding hydrogens is 160 g/mol. The summed E-state index contributed by atoms with van der Waals surface area (Å²) in [4.78, 5) is 5.14. The Labute approximate surface area is 82.9 Å². The van der Waals surface area contributed by atoms with Crippen LogP contribution in [0, 0.1) is 5.92 Å². The van der Waals surface area contributed by atoms with Crippen molar-refractivity contribution >= 4 is 0 Å². The number of hydrogen-bond donors (Lipinski definition) is 0. The highest BCUT2D eigenvalue weighted by molar-refractivity contribution is 4.82. The van der Waals surface area contributed by atoms with Crippen molar-refractivity contribution in [1.29, 1.82) is 0 Å². The van der Waals surface area contributed by atoms with E-state index < -0.39 is 0 Å². The van der Waals surface area contributed by atoms with E-state index >= 15 is 0 Å². The van der Waals surface area contributed by atoms with Crippen LogP contribution in [0.1, 0.15) is 33.6 Å². The lowest BCUT2D eigenvalue weighted by Crippen LogP contribution is -2.42. The smallest absolute Gasteiger partial charge is 0.0647 e. The first-order valence-corrected chi connectivity index (χ1v) is 5.65. The van der Waals surface area contributed by atoms with Gasteiger partial charge in [-0.15, -0.1) is 0 Å². The summed E-state index contributed by atoms with van der Waals surface area (Å²) in [6, 6.07) is 0. The molecule has 1 saturated heterocycles. The van der Waals surface area contributed by atoms with Crippen LogP contribution in [0.5, 0.6) is 0 Å². The summed E-state index contributed by atoms with van der Waals surface area (Å²) < 4.78 is 0. The van der Waals surface area contributed by atoms with Crippen LogP contribution in [-0.2, 0) is 0 Å². The van der Waals surface area contributed by atoms with E-state index in [-0.39, 0.29) is 0 Å². The van der Waals surface area contributed by atoms with Crippen LogP contribution in [-0.4, -0.2) is 42.6 Å². The molecule has 0 radical (unpaired) electrons. The van der Waals surface area contributed by atoms with E-state index in [1.165, 1.54) is 32.5 Å². The van der Waals surface area contributed by atoms with Gasteiger partial charge in [0.2, 0.25) is 0 Å². The normalized spacial score (nSPS) is 28.2. The Morgan fingerprint density at radius 2 is 2.00 bits per heavy atom. The quantitative estimate of drug-likeness (QED) is 0.659. The highest BCUT2D eigenvalue weighted by Crippen LogP contribution is 2.22. The lowest BCUT2D eigenvalue weighted by molar-refractivity contribution is 0.102. The highest BCUT2D eigenvalue weighted by atomic mass is 15.4.